The van der Waals surface area contributed by atoms with Crippen LogP contribution in [0.25, 0.3) is 0 Å². The summed E-state index contributed by atoms with van der Waals surface area (Å²) >= 11 is 0. The number of hydrogen-bond donors (Lipinski definition) is 1. The van der Waals surface area contributed by atoms with Crippen LogP contribution in [0.2, 0.25) is 0 Å². The van der Waals surface area contributed by atoms with E-state index < -0.39 is 0 Å². The molecule has 1 aliphatic carbocycles. The number of nitrogen functional groups attached to an aromatic ring is 1. The van der Waals surface area contributed by atoms with E-state index in [0.29, 0.717) is 11.6 Å². The van der Waals surface area contributed by atoms with Crippen LogP contribution in [0, 0.1) is 5.92 Å². The van der Waals surface area contributed by atoms with Crippen LogP contribution in [0.1, 0.15) is 32.1 Å². The van der Waals surface area contributed by atoms with Crippen molar-refractivity contribution in [2.75, 3.05) is 31.3 Å². The Morgan fingerprint density at radius 1 is 1.33 bits per heavy atom. The fraction of sp³-hybridized carbons (Fsp3) is 0.692. The molecule has 1 aromatic heterocycles. The first kappa shape index (κ1) is 12.9. The highest BCUT2D eigenvalue weighted by atomic mass is 16.5. The van der Waals surface area contributed by atoms with Crippen molar-refractivity contribution in [3.8, 4) is 5.88 Å². The third-order valence-electron chi connectivity index (χ3n) is 3.64. The van der Waals surface area contributed by atoms with Crippen LogP contribution in [0.5, 0.6) is 5.88 Å². The topological polar surface area (TPSA) is 64.3 Å². The van der Waals surface area contributed by atoms with Crippen LogP contribution in [0.15, 0.2) is 6.33 Å². The molecular weight excluding hydrogens is 228 g/mol. The van der Waals surface area contributed by atoms with Crippen molar-refractivity contribution in [2.45, 2.75) is 32.1 Å². The molecule has 0 amide bonds. The standard InChI is InChI=1S/C13H22N4O/c1-17(8-10-6-4-3-5-7-10)12-11(14)13(18-2)16-9-15-12/h9-10H,3-8,14H2,1-2H3. The van der Waals surface area contributed by atoms with Gasteiger partial charge in [0.05, 0.1) is 7.11 Å². The first-order valence-corrected chi connectivity index (χ1v) is 6.58. The maximum absolute atomic E-state index is 6.01. The van der Waals surface area contributed by atoms with Gasteiger partial charge in [-0.2, -0.15) is 4.98 Å². The summed E-state index contributed by atoms with van der Waals surface area (Å²) in [4.78, 5) is 10.4. The molecule has 0 unspecified atom stereocenters. The van der Waals surface area contributed by atoms with Gasteiger partial charge >= 0.3 is 0 Å². The molecule has 5 nitrogen and oxygen atoms in total. The average molecular weight is 250 g/mol. The van der Waals surface area contributed by atoms with E-state index in [4.69, 9.17) is 10.5 Å². The molecule has 0 aliphatic heterocycles. The Bertz CT molecular complexity index is 391. The first-order valence-electron chi connectivity index (χ1n) is 6.58. The van der Waals surface area contributed by atoms with Crippen LogP contribution < -0.4 is 15.4 Å². The number of nitrogens with two attached hydrogens (primary N) is 1. The number of aromatic nitrogens is 2. The molecule has 1 saturated carbocycles. The summed E-state index contributed by atoms with van der Waals surface area (Å²) in [7, 11) is 3.61. The minimum atomic E-state index is 0.454. The summed E-state index contributed by atoms with van der Waals surface area (Å²) in [5.41, 5.74) is 6.53. The van der Waals surface area contributed by atoms with Gasteiger partial charge < -0.3 is 15.4 Å². The summed E-state index contributed by atoms with van der Waals surface area (Å²) in [6.07, 6.45) is 8.20. The second kappa shape index (κ2) is 5.89. The van der Waals surface area contributed by atoms with Crippen molar-refractivity contribution >= 4 is 11.5 Å². The van der Waals surface area contributed by atoms with E-state index >= 15 is 0 Å². The maximum Gasteiger partial charge on any atom is 0.242 e. The molecule has 5 heteroatoms. The van der Waals surface area contributed by atoms with Gasteiger partial charge in [0.15, 0.2) is 5.82 Å². The van der Waals surface area contributed by atoms with Crippen LogP contribution >= 0.6 is 0 Å². The first-order chi connectivity index (χ1) is 8.72. The van der Waals surface area contributed by atoms with Gasteiger partial charge in [-0.1, -0.05) is 19.3 Å². The highest BCUT2D eigenvalue weighted by Gasteiger charge is 2.18. The molecule has 0 radical (unpaired) electrons. The Morgan fingerprint density at radius 2 is 2.06 bits per heavy atom. The summed E-state index contributed by atoms with van der Waals surface area (Å²) in [5.74, 6) is 1.98. The Hall–Kier alpha value is -1.52. The molecule has 0 aromatic carbocycles. The van der Waals surface area contributed by atoms with Crippen LogP contribution in [0.4, 0.5) is 11.5 Å². The zero-order chi connectivity index (χ0) is 13.0. The minimum Gasteiger partial charge on any atom is -0.479 e. The zero-order valence-corrected chi connectivity index (χ0v) is 11.2. The molecule has 0 atom stereocenters. The zero-order valence-electron chi connectivity index (χ0n) is 11.2. The van der Waals surface area contributed by atoms with Gasteiger partial charge in [0, 0.05) is 13.6 Å². The minimum absolute atomic E-state index is 0.454. The van der Waals surface area contributed by atoms with Gasteiger partial charge in [-0.05, 0) is 18.8 Å². The predicted molar refractivity (Wildman–Crippen MR) is 72.8 cm³/mol. The van der Waals surface area contributed by atoms with Gasteiger partial charge in [0.2, 0.25) is 5.88 Å². The molecule has 0 bridgehead atoms. The Kier molecular flexibility index (Phi) is 4.23. The lowest BCUT2D eigenvalue weighted by Crippen LogP contribution is -2.28. The van der Waals surface area contributed by atoms with Gasteiger partial charge in [-0.25, -0.2) is 4.98 Å². The van der Waals surface area contributed by atoms with E-state index in [1.165, 1.54) is 38.4 Å². The quantitative estimate of drug-likeness (QED) is 0.886. The Labute approximate surface area is 108 Å². The second-order valence-electron chi connectivity index (χ2n) is 5.00. The Balaban J connectivity index is 2.05. The third-order valence-corrected chi connectivity index (χ3v) is 3.64. The monoisotopic (exact) mass is 250 g/mol. The van der Waals surface area contributed by atoms with E-state index in [0.717, 1.165) is 18.3 Å². The number of nitrogens with zero attached hydrogens (tertiary/aromatic N) is 3. The summed E-state index contributed by atoms with van der Waals surface area (Å²) in [5, 5.41) is 0. The molecule has 100 valence electrons. The van der Waals surface area contributed by atoms with E-state index in [1.54, 1.807) is 7.11 Å². The molecule has 0 spiro atoms. The van der Waals surface area contributed by atoms with Gasteiger partial charge in [-0.3, -0.25) is 0 Å². The van der Waals surface area contributed by atoms with Crippen LogP contribution in [-0.2, 0) is 0 Å². The normalized spacial score (nSPS) is 16.6. The van der Waals surface area contributed by atoms with Crippen molar-refractivity contribution in [3.05, 3.63) is 6.33 Å². The fourth-order valence-electron chi connectivity index (χ4n) is 2.68. The lowest BCUT2D eigenvalue weighted by atomic mass is 9.89. The lowest BCUT2D eigenvalue weighted by Gasteiger charge is -2.28. The van der Waals surface area contributed by atoms with Gasteiger partial charge in [-0.15, -0.1) is 0 Å². The molecule has 18 heavy (non-hydrogen) atoms. The van der Waals surface area contributed by atoms with Gasteiger partial charge in [0.25, 0.3) is 0 Å². The number of anilines is 2. The highest BCUT2D eigenvalue weighted by molar-refractivity contribution is 5.67. The van der Waals surface area contributed by atoms with E-state index in [9.17, 15) is 0 Å². The van der Waals surface area contributed by atoms with Crippen molar-refractivity contribution in [2.24, 2.45) is 5.92 Å². The van der Waals surface area contributed by atoms with Crippen molar-refractivity contribution in [1.82, 2.24) is 9.97 Å². The van der Waals surface area contributed by atoms with Crippen molar-refractivity contribution in [1.29, 1.82) is 0 Å². The molecule has 2 rings (SSSR count). The number of ether oxygens (including phenoxy) is 1. The SMILES string of the molecule is COc1ncnc(N(C)CC2CCCCC2)c1N. The van der Waals surface area contributed by atoms with Crippen molar-refractivity contribution < 1.29 is 4.74 Å². The molecule has 1 heterocycles. The lowest BCUT2D eigenvalue weighted by molar-refractivity contribution is 0.361. The highest BCUT2D eigenvalue weighted by Crippen LogP contribution is 2.29. The maximum atomic E-state index is 6.01. The largest absolute Gasteiger partial charge is 0.479 e. The van der Waals surface area contributed by atoms with Crippen LogP contribution in [-0.4, -0.2) is 30.7 Å². The summed E-state index contributed by atoms with van der Waals surface area (Å²) in [6, 6.07) is 0. The smallest absolute Gasteiger partial charge is 0.242 e. The fourth-order valence-corrected chi connectivity index (χ4v) is 2.68. The van der Waals surface area contributed by atoms with Crippen molar-refractivity contribution in [3.63, 3.8) is 0 Å². The molecule has 1 aromatic rings. The Morgan fingerprint density at radius 3 is 2.72 bits per heavy atom. The van der Waals surface area contributed by atoms with E-state index in [1.807, 2.05) is 7.05 Å². The summed E-state index contributed by atoms with van der Waals surface area (Å²) in [6.45, 7) is 1.00. The molecule has 2 N–H and O–H groups in total. The number of rotatable bonds is 4. The number of hydrogen-bond acceptors (Lipinski definition) is 5. The molecule has 0 saturated heterocycles. The van der Waals surface area contributed by atoms with E-state index in [-0.39, 0.29) is 0 Å². The third kappa shape index (κ3) is 2.83. The molecule has 1 fully saturated rings. The second-order valence-corrected chi connectivity index (χ2v) is 5.00. The van der Waals surface area contributed by atoms with Gasteiger partial charge in [0.1, 0.15) is 12.0 Å². The average Bonchev–Trinajstić information content (AvgIpc) is 2.40. The number of methoxy groups -OCH3 is 1. The van der Waals surface area contributed by atoms with Crippen LogP contribution in [0.3, 0.4) is 0 Å². The van der Waals surface area contributed by atoms with E-state index in [2.05, 4.69) is 14.9 Å². The summed E-state index contributed by atoms with van der Waals surface area (Å²) < 4.78 is 5.12. The molecule has 1 aliphatic rings. The predicted octanol–water partition coefficient (Wildman–Crippen LogP) is 2.08. The molecular formula is C13H22N4O.